The van der Waals surface area contributed by atoms with Crippen molar-refractivity contribution in [3.8, 4) is 0 Å². The molecule has 0 spiro atoms. The number of carbonyl (C=O) groups excluding carboxylic acids is 1. The maximum absolute atomic E-state index is 12.3. The van der Waals surface area contributed by atoms with E-state index >= 15 is 0 Å². The maximum Gasteiger partial charge on any atom is 0.268 e. The highest BCUT2D eigenvalue weighted by Crippen LogP contribution is 2.19. The van der Waals surface area contributed by atoms with Crippen molar-refractivity contribution in [2.45, 2.75) is 57.7 Å². The van der Waals surface area contributed by atoms with Gasteiger partial charge in [0.15, 0.2) is 0 Å². The van der Waals surface area contributed by atoms with Crippen LogP contribution in [-0.4, -0.2) is 27.7 Å². The van der Waals surface area contributed by atoms with Crippen LogP contribution in [0, 0.1) is 0 Å². The van der Waals surface area contributed by atoms with Gasteiger partial charge in [0.25, 0.3) is 5.91 Å². The predicted octanol–water partition coefficient (Wildman–Crippen LogP) is 2.58. The second kappa shape index (κ2) is 6.44. The zero-order chi connectivity index (χ0) is 13.8. The van der Waals surface area contributed by atoms with Gasteiger partial charge in [0.05, 0.1) is 17.2 Å². The Morgan fingerprint density at radius 1 is 1.47 bits per heavy atom. The number of aryl methyl sites for hydroxylation is 1. The second-order valence-corrected chi connectivity index (χ2v) is 5.55. The largest absolute Gasteiger partial charge is 0.391 e. The van der Waals surface area contributed by atoms with Gasteiger partial charge in [0, 0.05) is 12.7 Å². The third-order valence-corrected chi connectivity index (χ3v) is 3.94. The fourth-order valence-electron chi connectivity index (χ4n) is 2.63. The van der Waals surface area contributed by atoms with E-state index in [1.54, 1.807) is 12.3 Å². The first-order valence-electron chi connectivity index (χ1n) is 6.96. The zero-order valence-electron chi connectivity index (χ0n) is 11.2. The van der Waals surface area contributed by atoms with Crippen LogP contribution in [-0.2, 0) is 6.54 Å². The molecule has 1 aliphatic carbocycles. The first-order chi connectivity index (χ1) is 9.11. The summed E-state index contributed by atoms with van der Waals surface area (Å²) < 4.78 is 1.82. The van der Waals surface area contributed by atoms with E-state index in [1.165, 1.54) is 0 Å². The molecule has 1 heterocycles. The number of carbonyl (C=O) groups is 1. The molecule has 0 bridgehead atoms. The van der Waals surface area contributed by atoms with Crippen LogP contribution in [0.1, 0.15) is 49.5 Å². The lowest BCUT2D eigenvalue weighted by atomic mass is 10.1. The lowest BCUT2D eigenvalue weighted by molar-refractivity contribution is 0.0810. The first-order valence-corrected chi connectivity index (χ1v) is 7.34. The maximum atomic E-state index is 12.3. The number of nitrogens with one attached hydrogen (secondary N) is 1. The van der Waals surface area contributed by atoms with Crippen LogP contribution in [0.25, 0.3) is 0 Å². The molecule has 1 aromatic heterocycles. The Kier molecular flexibility index (Phi) is 4.88. The van der Waals surface area contributed by atoms with E-state index in [2.05, 4.69) is 5.32 Å². The Balaban J connectivity index is 2.06. The third-order valence-electron chi connectivity index (χ3n) is 3.73. The number of aromatic nitrogens is 1. The number of amides is 1. The topological polar surface area (TPSA) is 54.3 Å². The van der Waals surface area contributed by atoms with Crippen LogP contribution in [0.3, 0.4) is 0 Å². The van der Waals surface area contributed by atoms with Gasteiger partial charge >= 0.3 is 0 Å². The molecule has 106 valence electrons. The van der Waals surface area contributed by atoms with Crippen molar-refractivity contribution in [2.75, 3.05) is 0 Å². The molecular formula is C14H21ClN2O2. The second-order valence-electron chi connectivity index (χ2n) is 5.11. The minimum Gasteiger partial charge on any atom is -0.391 e. The number of nitrogens with zero attached hydrogens (tertiary/aromatic N) is 1. The van der Waals surface area contributed by atoms with Gasteiger partial charge in [-0.15, -0.1) is 0 Å². The molecule has 1 aromatic rings. The fraction of sp³-hybridized carbons (Fsp3) is 0.643. The van der Waals surface area contributed by atoms with Crippen molar-refractivity contribution in [2.24, 2.45) is 0 Å². The highest BCUT2D eigenvalue weighted by atomic mass is 35.5. The number of aliphatic hydroxyl groups is 1. The van der Waals surface area contributed by atoms with Gasteiger partial charge in [-0.1, -0.05) is 30.9 Å². The molecule has 0 aromatic carbocycles. The van der Waals surface area contributed by atoms with Gasteiger partial charge in [0.2, 0.25) is 0 Å². The highest BCUT2D eigenvalue weighted by Gasteiger charge is 2.24. The summed E-state index contributed by atoms with van der Waals surface area (Å²) in [5.41, 5.74) is 0.559. The summed E-state index contributed by atoms with van der Waals surface area (Å²) in [6.07, 6.45) is 6.13. The van der Waals surface area contributed by atoms with Crippen molar-refractivity contribution in [3.05, 3.63) is 23.0 Å². The molecule has 1 amide bonds. The summed E-state index contributed by atoms with van der Waals surface area (Å²) in [4.78, 5) is 12.3. The molecule has 1 fully saturated rings. The molecule has 0 radical (unpaired) electrons. The Labute approximate surface area is 118 Å². The summed E-state index contributed by atoms with van der Waals surface area (Å²) in [6, 6.07) is 1.53. The molecule has 1 aliphatic rings. The number of hydrogen-bond acceptors (Lipinski definition) is 2. The lowest BCUT2D eigenvalue weighted by Gasteiger charge is -2.22. The summed E-state index contributed by atoms with van der Waals surface area (Å²) in [5.74, 6) is -0.153. The van der Waals surface area contributed by atoms with E-state index in [1.807, 2.05) is 11.5 Å². The van der Waals surface area contributed by atoms with Gasteiger partial charge in [-0.3, -0.25) is 4.79 Å². The SMILES string of the molecule is CCn1cc(Cl)cc1C(=O)NC1CCCCCC1O. The van der Waals surface area contributed by atoms with Crippen molar-refractivity contribution >= 4 is 17.5 Å². The fourth-order valence-corrected chi connectivity index (χ4v) is 2.85. The van der Waals surface area contributed by atoms with Crippen LogP contribution in [0.15, 0.2) is 12.3 Å². The van der Waals surface area contributed by atoms with Gasteiger partial charge in [-0.2, -0.15) is 0 Å². The van der Waals surface area contributed by atoms with Gasteiger partial charge in [0.1, 0.15) is 5.69 Å². The minimum absolute atomic E-state index is 0.144. The standard InChI is InChI=1S/C14H21ClN2O2/c1-2-17-9-10(15)8-12(17)14(19)16-11-6-4-3-5-7-13(11)18/h8-9,11,13,18H,2-7H2,1H3,(H,16,19). The van der Waals surface area contributed by atoms with Crippen LogP contribution in [0.2, 0.25) is 5.02 Å². The highest BCUT2D eigenvalue weighted by molar-refractivity contribution is 6.31. The molecule has 1 saturated carbocycles. The van der Waals surface area contributed by atoms with Gasteiger partial charge < -0.3 is 15.0 Å². The van der Waals surface area contributed by atoms with Crippen LogP contribution < -0.4 is 5.32 Å². The number of hydrogen-bond donors (Lipinski definition) is 2. The predicted molar refractivity (Wildman–Crippen MR) is 75.5 cm³/mol. The van der Waals surface area contributed by atoms with E-state index in [0.717, 1.165) is 32.1 Å². The van der Waals surface area contributed by atoms with Crippen LogP contribution in [0.5, 0.6) is 0 Å². The molecule has 5 heteroatoms. The number of rotatable bonds is 3. The van der Waals surface area contributed by atoms with E-state index in [-0.39, 0.29) is 11.9 Å². The molecule has 2 rings (SSSR count). The van der Waals surface area contributed by atoms with Crippen molar-refractivity contribution in [3.63, 3.8) is 0 Å². The Bertz CT molecular complexity index is 445. The molecule has 0 aliphatic heterocycles. The third kappa shape index (κ3) is 3.51. The number of halogens is 1. The van der Waals surface area contributed by atoms with Gasteiger partial charge in [-0.25, -0.2) is 0 Å². The number of aliphatic hydroxyl groups excluding tert-OH is 1. The minimum atomic E-state index is -0.438. The van der Waals surface area contributed by atoms with Gasteiger partial charge in [-0.05, 0) is 25.8 Å². The van der Waals surface area contributed by atoms with E-state index in [9.17, 15) is 9.90 Å². The first kappa shape index (κ1) is 14.4. The van der Waals surface area contributed by atoms with Crippen LogP contribution in [0.4, 0.5) is 0 Å². The molecule has 19 heavy (non-hydrogen) atoms. The summed E-state index contributed by atoms with van der Waals surface area (Å²) in [5, 5.41) is 13.5. The van der Waals surface area contributed by atoms with E-state index in [4.69, 9.17) is 11.6 Å². The average molecular weight is 285 g/mol. The van der Waals surface area contributed by atoms with E-state index < -0.39 is 6.10 Å². The summed E-state index contributed by atoms with van der Waals surface area (Å²) >= 11 is 5.94. The zero-order valence-corrected chi connectivity index (χ0v) is 12.0. The molecule has 2 N–H and O–H groups in total. The monoisotopic (exact) mass is 284 g/mol. The normalized spacial score (nSPS) is 23.9. The van der Waals surface area contributed by atoms with Crippen molar-refractivity contribution < 1.29 is 9.90 Å². The molecular weight excluding hydrogens is 264 g/mol. The molecule has 2 atom stereocenters. The van der Waals surface area contributed by atoms with E-state index in [0.29, 0.717) is 17.3 Å². The Morgan fingerprint density at radius 3 is 2.95 bits per heavy atom. The smallest absolute Gasteiger partial charge is 0.268 e. The molecule has 2 unspecified atom stereocenters. The Morgan fingerprint density at radius 2 is 2.21 bits per heavy atom. The van der Waals surface area contributed by atoms with Crippen LogP contribution >= 0.6 is 11.6 Å². The summed E-state index contributed by atoms with van der Waals surface area (Å²) in [6.45, 7) is 2.66. The van der Waals surface area contributed by atoms with Crippen molar-refractivity contribution in [1.29, 1.82) is 0 Å². The quantitative estimate of drug-likeness (QED) is 0.838. The summed E-state index contributed by atoms with van der Waals surface area (Å²) in [7, 11) is 0. The molecule has 4 nitrogen and oxygen atoms in total. The average Bonchev–Trinajstić information content (AvgIpc) is 2.66. The lowest BCUT2D eigenvalue weighted by Crippen LogP contribution is -2.43. The van der Waals surface area contributed by atoms with Crippen molar-refractivity contribution in [1.82, 2.24) is 9.88 Å². The Hall–Kier alpha value is -1.00. The molecule has 0 saturated heterocycles.